The van der Waals surface area contributed by atoms with Crippen molar-refractivity contribution in [2.45, 2.75) is 13.0 Å². The third-order valence-electron chi connectivity index (χ3n) is 2.28. The molecule has 4 heteroatoms. The average Bonchev–Trinajstić information content (AvgIpc) is 2.62. The Morgan fingerprint density at radius 2 is 2.27 bits per heavy atom. The van der Waals surface area contributed by atoms with Crippen LogP contribution in [0.5, 0.6) is 0 Å². The summed E-state index contributed by atoms with van der Waals surface area (Å²) in [5.74, 6) is 0. The van der Waals surface area contributed by atoms with Gasteiger partial charge in [-0.05, 0) is 30.0 Å². The van der Waals surface area contributed by atoms with Crippen LogP contribution < -0.4 is 5.43 Å². The van der Waals surface area contributed by atoms with Gasteiger partial charge in [0, 0.05) is 26.3 Å². The number of hydrogen-bond acceptors (Lipinski definition) is 4. The molecular weight excluding hydrogens is 206 g/mol. The molecule has 0 fully saturated rings. The molecule has 0 bridgehead atoms. The van der Waals surface area contributed by atoms with Crippen molar-refractivity contribution in [3.05, 3.63) is 29.3 Å². The lowest BCUT2D eigenvalue weighted by Gasteiger charge is -2.19. The summed E-state index contributed by atoms with van der Waals surface area (Å²) in [6.07, 6.45) is 1.94. The molecule has 2 heterocycles. The van der Waals surface area contributed by atoms with Crippen LogP contribution in [0.25, 0.3) is 10.2 Å². The van der Waals surface area contributed by atoms with Gasteiger partial charge in [-0.3, -0.25) is 9.99 Å². The number of thiophene rings is 1. The zero-order valence-electron chi connectivity index (χ0n) is 9.19. The zero-order chi connectivity index (χ0) is 10.8. The van der Waals surface area contributed by atoms with Gasteiger partial charge < -0.3 is 0 Å². The molecule has 1 unspecified atom stereocenters. The highest BCUT2D eigenvalue weighted by Crippen LogP contribution is 2.22. The van der Waals surface area contributed by atoms with Crippen molar-refractivity contribution in [2.24, 2.45) is 0 Å². The Hall–Kier alpha value is -0.970. The molecule has 15 heavy (non-hydrogen) atoms. The zero-order valence-corrected chi connectivity index (χ0v) is 10.0. The molecule has 0 aliphatic heterocycles. The van der Waals surface area contributed by atoms with E-state index in [1.165, 1.54) is 10.3 Å². The molecule has 0 aliphatic rings. The average molecular weight is 221 g/mol. The fourth-order valence-electron chi connectivity index (χ4n) is 1.56. The molecule has 0 amide bonds. The number of rotatable bonds is 3. The van der Waals surface area contributed by atoms with Crippen molar-refractivity contribution in [2.75, 3.05) is 14.1 Å². The lowest BCUT2D eigenvalue weighted by atomic mass is 10.1. The van der Waals surface area contributed by atoms with Gasteiger partial charge in [0.25, 0.3) is 0 Å². The normalized spacial score (nSPS) is 13.6. The van der Waals surface area contributed by atoms with Gasteiger partial charge in [-0.1, -0.05) is 0 Å². The van der Waals surface area contributed by atoms with Crippen molar-refractivity contribution in [1.29, 1.82) is 0 Å². The Balaban J connectivity index is 2.27. The van der Waals surface area contributed by atoms with E-state index >= 15 is 0 Å². The van der Waals surface area contributed by atoms with Gasteiger partial charge in [0.05, 0.1) is 10.2 Å². The van der Waals surface area contributed by atoms with Crippen molar-refractivity contribution < 1.29 is 0 Å². The lowest BCUT2D eigenvalue weighted by Crippen LogP contribution is -2.32. The van der Waals surface area contributed by atoms with Crippen LogP contribution in [-0.4, -0.2) is 24.1 Å². The topological polar surface area (TPSA) is 28.2 Å². The first-order chi connectivity index (χ1) is 7.16. The first-order valence-electron chi connectivity index (χ1n) is 4.93. The molecule has 0 aromatic carbocycles. The summed E-state index contributed by atoms with van der Waals surface area (Å²) >= 11 is 1.73. The van der Waals surface area contributed by atoms with Crippen LogP contribution in [0.15, 0.2) is 23.7 Å². The lowest BCUT2D eigenvalue weighted by molar-refractivity contribution is 0.252. The number of fused-ring (bicyclic) bond motifs is 1. The predicted molar refractivity (Wildman–Crippen MR) is 64.9 cm³/mol. The molecule has 80 valence electrons. The maximum atomic E-state index is 4.42. The van der Waals surface area contributed by atoms with E-state index in [1.54, 1.807) is 11.3 Å². The van der Waals surface area contributed by atoms with E-state index in [9.17, 15) is 0 Å². The molecule has 2 rings (SSSR count). The molecule has 1 atom stereocenters. The van der Waals surface area contributed by atoms with Crippen molar-refractivity contribution in [3.8, 4) is 0 Å². The molecular formula is C11H15N3S. The smallest absolute Gasteiger partial charge is 0.0809 e. The van der Waals surface area contributed by atoms with Crippen LogP contribution in [0.2, 0.25) is 0 Å². The van der Waals surface area contributed by atoms with Gasteiger partial charge >= 0.3 is 0 Å². The number of nitrogens with zero attached hydrogens (tertiary/aromatic N) is 2. The standard InChI is InChI=1S/C11H15N3S/c1-8(13-14(2)3)9-6-11-10(12-7-9)4-5-15-11/h4-8,13H,1-3H3. The van der Waals surface area contributed by atoms with E-state index < -0.39 is 0 Å². The largest absolute Gasteiger partial charge is 0.255 e. The summed E-state index contributed by atoms with van der Waals surface area (Å²) in [6, 6.07) is 4.54. The van der Waals surface area contributed by atoms with Crippen LogP contribution >= 0.6 is 11.3 Å². The number of pyridine rings is 1. The van der Waals surface area contributed by atoms with E-state index in [4.69, 9.17) is 0 Å². The van der Waals surface area contributed by atoms with Crippen LogP contribution in [0.3, 0.4) is 0 Å². The first kappa shape index (κ1) is 10.5. The van der Waals surface area contributed by atoms with Crippen LogP contribution in [0.4, 0.5) is 0 Å². The minimum Gasteiger partial charge on any atom is -0.255 e. The minimum atomic E-state index is 0.291. The molecule has 0 aliphatic carbocycles. The Bertz CT molecular complexity index is 450. The van der Waals surface area contributed by atoms with Crippen molar-refractivity contribution in [1.82, 2.24) is 15.4 Å². The molecule has 2 aromatic rings. The second-order valence-corrected chi connectivity index (χ2v) is 4.77. The molecule has 2 aromatic heterocycles. The summed E-state index contributed by atoms with van der Waals surface area (Å²) in [5.41, 5.74) is 5.62. The number of nitrogens with one attached hydrogen (secondary N) is 1. The van der Waals surface area contributed by atoms with E-state index in [0.717, 1.165) is 5.52 Å². The number of aromatic nitrogens is 1. The van der Waals surface area contributed by atoms with Gasteiger partial charge in [0.2, 0.25) is 0 Å². The van der Waals surface area contributed by atoms with Gasteiger partial charge in [-0.2, -0.15) is 0 Å². The highest BCUT2D eigenvalue weighted by atomic mass is 32.1. The molecule has 0 spiro atoms. The Labute approximate surface area is 93.7 Å². The first-order valence-corrected chi connectivity index (χ1v) is 5.81. The molecule has 0 saturated heterocycles. The van der Waals surface area contributed by atoms with Crippen molar-refractivity contribution >= 4 is 21.6 Å². The highest BCUT2D eigenvalue weighted by molar-refractivity contribution is 7.17. The molecule has 0 radical (unpaired) electrons. The fraction of sp³-hybridized carbons (Fsp3) is 0.364. The summed E-state index contributed by atoms with van der Waals surface area (Å²) in [7, 11) is 3.99. The molecule has 0 saturated carbocycles. The maximum absolute atomic E-state index is 4.42. The van der Waals surface area contributed by atoms with E-state index in [-0.39, 0.29) is 0 Å². The summed E-state index contributed by atoms with van der Waals surface area (Å²) < 4.78 is 1.25. The minimum absolute atomic E-state index is 0.291. The van der Waals surface area contributed by atoms with Crippen LogP contribution in [-0.2, 0) is 0 Å². The van der Waals surface area contributed by atoms with Crippen molar-refractivity contribution in [3.63, 3.8) is 0 Å². The van der Waals surface area contributed by atoms with Gasteiger partial charge in [0.1, 0.15) is 0 Å². The molecule has 3 nitrogen and oxygen atoms in total. The van der Waals surface area contributed by atoms with E-state index in [2.05, 4.69) is 28.8 Å². The van der Waals surface area contributed by atoms with Crippen LogP contribution in [0, 0.1) is 0 Å². The summed E-state index contributed by atoms with van der Waals surface area (Å²) in [4.78, 5) is 4.42. The van der Waals surface area contributed by atoms with Gasteiger partial charge in [0.15, 0.2) is 0 Å². The van der Waals surface area contributed by atoms with E-state index in [0.29, 0.717) is 6.04 Å². The van der Waals surface area contributed by atoms with Crippen LogP contribution in [0.1, 0.15) is 18.5 Å². The summed E-state index contributed by atoms with van der Waals surface area (Å²) in [5, 5.41) is 4.04. The highest BCUT2D eigenvalue weighted by Gasteiger charge is 2.07. The third-order valence-corrected chi connectivity index (χ3v) is 3.13. The van der Waals surface area contributed by atoms with E-state index in [1.807, 2.05) is 31.4 Å². The Kier molecular flexibility index (Phi) is 3.00. The fourth-order valence-corrected chi connectivity index (χ4v) is 2.35. The van der Waals surface area contributed by atoms with Gasteiger partial charge in [-0.15, -0.1) is 11.3 Å². The third kappa shape index (κ3) is 2.34. The predicted octanol–water partition coefficient (Wildman–Crippen LogP) is 2.42. The molecule has 1 N–H and O–H groups in total. The second kappa shape index (κ2) is 4.26. The number of hydrazine groups is 1. The SMILES string of the molecule is CC(NN(C)C)c1cnc2ccsc2c1. The second-order valence-electron chi connectivity index (χ2n) is 3.82. The summed E-state index contributed by atoms with van der Waals surface area (Å²) in [6.45, 7) is 2.14. The Morgan fingerprint density at radius 1 is 1.47 bits per heavy atom. The van der Waals surface area contributed by atoms with Gasteiger partial charge in [-0.25, -0.2) is 5.43 Å². The Morgan fingerprint density at radius 3 is 3.00 bits per heavy atom. The number of hydrogen-bond donors (Lipinski definition) is 1. The quantitative estimate of drug-likeness (QED) is 0.807. The maximum Gasteiger partial charge on any atom is 0.0809 e. The monoisotopic (exact) mass is 221 g/mol.